The van der Waals surface area contributed by atoms with Crippen molar-refractivity contribution in [2.45, 2.75) is 51.2 Å². The quantitative estimate of drug-likeness (QED) is 0.637. The van der Waals surface area contributed by atoms with E-state index in [-0.39, 0.29) is 6.61 Å². The van der Waals surface area contributed by atoms with E-state index < -0.39 is 12.8 Å². The highest BCUT2D eigenvalue weighted by Crippen LogP contribution is 2.34. The summed E-state index contributed by atoms with van der Waals surface area (Å²) in [5, 5.41) is 3.30. The van der Waals surface area contributed by atoms with E-state index in [1.807, 2.05) is 6.92 Å². The molecule has 1 saturated carbocycles. The van der Waals surface area contributed by atoms with Gasteiger partial charge in [-0.05, 0) is 31.7 Å². The summed E-state index contributed by atoms with van der Waals surface area (Å²) in [6.07, 6.45) is 1.34. The molecular formula is C12H22F3NO. The maximum absolute atomic E-state index is 11.8. The number of nitrogens with one attached hydrogen (secondary N) is 1. The minimum absolute atomic E-state index is 0.182. The summed E-state index contributed by atoms with van der Waals surface area (Å²) in [4.78, 5) is 0. The largest absolute Gasteiger partial charge is 0.411 e. The Morgan fingerprint density at radius 1 is 1.29 bits per heavy atom. The zero-order valence-electron chi connectivity index (χ0n) is 10.4. The molecule has 1 fully saturated rings. The fraction of sp³-hybridized carbons (Fsp3) is 1.00. The van der Waals surface area contributed by atoms with Crippen molar-refractivity contribution in [3.8, 4) is 0 Å². The molecule has 0 bridgehead atoms. The van der Waals surface area contributed by atoms with Gasteiger partial charge in [0.2, 0.25) is 0 Å². The summed E-state index contributed by atoms with van der Waals surface area (Å²) in [5.74, 6) is 0.868. The third-order valence-electron chi connectivity index (χ3n) is 2.99. The number of rotatable bonds is 9. The highest BCUT2D eigenvalue weighted by molar-refractivity contribution is 4.76. The fourth-order valence-corrected chi connectivity index (χ4v) is 1.89. The van der Waals surface area contributed by atoms with Crippen molar-refractivity contribution in [2.24, 2.45) is 5.92 Å². The van der Waals surface area contributed by atoms with Gasteiger partial charge in [-0.25, -0.2) is 0 Å². The average Bonchev–Trinajstić information content (AvgIpc) is 3.03. The lowest BCUT2D eigenvalue weighted by Gasteiger charge is -2.18. The highest BCUT2D eigenvalue weighted by Gasteiger charge is 2.27. The molecule has 0 aromatic heterocycles. The van der Waals surface area contributed by atoms with Crippen LogP contribution in [-0.2, 0) is 4.74 Å². The molecule has 0 amide bonds. The molecule has 0 saturated heterocycles. The van der Waals surface area contributed by atoms with Crippen molar-refractivity contribution in [1.82, 2.24) is 5.32 Å². The normalized spacial score (nSPS) is 18.4. The van der Waals surface area contributed by atoms with E-state index in [4.69, 9.17) is 0 Å². The SMILES string of the molecule is CCNC(CCOCC(F)(F)F)CCC1CC1. The van der Waals surface area contributed by atoms with Gasteiger partial charge in [0.1, 0.15) is 6.61 Å². The number of ether oxygens (including phenoxy) is 1. The van der Waals surface area contributed by atoms with E-state index in [0.29, 0.717) is 12.5 Å². The van der Waals surface area contributed by atoms with Gasteiger partial charge < -0.3 is 10.1 Å². The second-order valence-corrected chi connectivity index (χ2v) is 4.73. The summed E-state index contributed by atoms with van der Waals surface area (Å²) in [7, 11) is 0. The van der Waals surface area contributed by atoms with Crippen LogP contribution >= 0.6 is 0 Å². The van der Waals surface area contributed by atoms with Crippen molar-refractivity contribution in [3.05, 3.63) is 0 Å². The minimum atomic E-state index is -4.21. The van der Waals surface area contributed by atoms with Crippen LogP contribution in [0.1, 0.15) is 39.0 Å². The Hall–Kier alpha value is -0.290. The molecule has 1 N–H and O–H groups in total. The van der Waals surface area contributed by atoms with Gasteiger partial charge in [0.25, 0.3) is 0 Å². The van der Waals surface area contributed by atoms with E-state index in [1.54, 1.807) is 0 Å². The van der Waals surface area contributed by atoms with Crippen LogP contribution in [0, 0.1) is 5.92 Å². The molecule has 0 aliphatic heterocycles. The number of halogens is 3. The molecule has 0 aromatic carbocycles. The Kier molecular flexibility index (Phi) is 6.27. The van der Waals surface area contributed by atoms with Crippen LogP contribution in [0.2, 0.25) is 0 Å². The van der Waals surface area contributed by atoms with Crippen molar-refractivity contribution in [1.29, 1.82) is 0 Å². The summed E-state index contributed by atoms with van der Waals surface area (Å²) < 4.78 is 40.2. The van der Waals surface area contributed by atoms with Crippen LogP contribution in [0.15, 0.2) is 0 Å². The predicted octanol–water partition coefficient (Wildman–Crippen LogP) is 3.12. The predicted molar refractivity (Wildman–Crippen MR) is 60.9 cm³/mol. The van der Waals surface area contributed by atoms with Crippen LogP contribution in [0.4, 0.5) is 13.2 Å². The van der Waals surface area contributed by atoms with Crippen molar-refractivity contribution in [3.63, 3.8) is 0 Å². The van der Waals surface area contributed by atoms with Crippen LogP contribution in [-0.4, -0.2) is 32.0 Å². The van der Waals surface area contributed by atoms with E-state index in [0.717, 1.165) is 18.9 Å². The molecular weight excluding hydrogens is 231 g/mol. The second-order valence-electron chi connectivity index (χ2n) is 4.73. The van der Waals surface area contributed by atoms with Crippen molar-refractivity contribution >= 4 is 0 Å². The monoisotopic (exact) mass is 253 g/mol. The summed E-state index contributed by atoms with van der Waals surface area (Å²) in [6, 6.07) is 0.300. The third kappa shape index (κ3) is 8.44. The first-order valence-corrected chi connectivity index (χ1v) is 6.39. The Morgan fingerprint density at radius 3 is 2.53 bits per heavy atom. The van der Waals surface area contributed by atoms with E-state index in [2.05, 4.69) is 10.1 Å². The first-order chi connectivity index (χ1) is 8.01. The Bertz CT molecular complexity index is 204. The van der Waals surface area contributed by atoms with Crippen LogP contribution in [0.3, 0.4) is 0 Å². The highest BCUT2D eigenvalue weighted by atomic mass is 19.4. The van der Waals surface area contributed by atoms with Crippen molar-refractivity contribution < 1.29 is 17.9 Å². The lowest BCUT2D eigenvalue weighted by molar-refractivity contribution is -0.174. The Morgan fingerprint density at radius 2 is 2.00 bits per heavy atom. The maximum atomic E-state index is 11.8. The first-order valence-electron chi connectivity index (χ1n) is 6.39. The molecule has 0 aromatic rings. The van der Waals surface area contributed by atoms with Crippen molar-refractivity contribution in [2.75, 3.05) is 19.8 Å². The van der Waals surface area contributed by atoms with Crippen LogP contribution in [0.25, 0.3) is 0 Å². The lowest BCUT2D eigenvalue weighted by Crippen LogP contribution is -2.30. The molecule has 5 heteroatoms. The molecule has 1 aliphatic carbocycles. The smallest absolute Gasteiger partial charge is 0.372 e. The molecule has 0 radical (unpaired) electrons. The van der Waals surface area contributed by atoms with Crippen LogP contribution < -0.4 is 5.32 Å². The molecule has 17 heavy (non-hydrogen) atoms. The van der Waals surface area contributed by atoms with E-state index in [1.165, 1.54) is 19.3 Å². The molecule has 0 spiro atoms. The lowest BCUT2D eigenvalue weighted by atomic mass is 10.1. The van der Waals surface area contributed by atoms with Gasteiger partial charge in [-0.15, -0.1) is 0 Å². The molecule has 1 unspecified atom stereocenters. The Balaban J connectivity index is 2.05. The van der Waals surface area contributed by atoms with Gasteiger partial charge in [0.05, 0.1) is 0 Å². The molecule has 1 aliphatic rings. The maximum Gasteiger partial charge on any atom is 0.411 e. The topological polar surface area (TPSA) is 21.3 Å². The number of hydrogen-bond donors (Lipinski definition) is 1. The van der Waals surface area contributed by atoms with Gasteiger partial charge in [-0.1, -0.05) is 19.8 Å². The van der Waals surface area contributed by atoms with Gasteiger partial charge in [-0.2, -0.15) is 13.2 Å². The third-order valence-corrected chi connectivity index (χ3v) is 2.99. The summed E-state index contributed by atoms with van der Waals surface area (Å²) in [6.45, 7) is 1.92. The van der Waals surface area contributed by atoms with E-state index in [9.17, 15) is 13.2 Å². The van der Waals surface area contributed by atoms with E-state index >= 15 is 0 Å². The zero-order valence-corrected chi connectivity index (χ0v) is 10.4. The number of alkyl halides is 3. The standard InChI is InChI=1S/C12H22F3NO/c1-2-16-11(6-5-10-3-4-10)7-8-17-9-12(13,14)15/h10-11,16H,2-9H2,1H3. The molecule has 0 heterocycles. The summed E-state index contributed by atoms with van der Waals surface area (Å²) >= 11 is 0. The van der Waals surface area contributed by atoms with Gasteiger partial charge >= 0.3 is 6.18 Å². The Labute approximate surface area is 101 Å². The van der Waals surface area contributed by atoms with Gasteiger partial charge in [-0.3, -0.25) is 0 Å². The van der Waals surface area contributed by atoms with Gasteiger partial charge in [0, 0.05) is 12.6 Å². The molecule has 1 atom stereocenters. The first kappa shape index (κ1) is 14.8. The fourth-order valence-electron chi connectivity index (χ4n) is 1.89. The molecule has 1 rings (SSSR count). The minimum Gasteiger partial charge on any atom is -0.372 e. The number of hydrogen-bond acceptors (Lipinski definition) is 2. The second kappa shape index (κ2) is 7.21. The summed E-state index contributed by atoms with van der Waals surface area (Å²) in [5.41, 5.74) is 0. The molecule has 2 nitrogen and oxygen atoms in total. The van der Waals surface area contributed by atoms with Gasteiger partial charge in [0.15, 0.2) is 0 Å². The molecule has 102 valence electrons. The van der Waals surface area contributed by atoms with Crippen LogP contribution in [0.5, 0.6) is 0 Å². The average molecular weight is 253 g/mol. The zero-order chi connectivity index (χ0) is 12.7.